The SMILES string of the molecule is CN1CCCC2CN(CC3CC4CCC3N4)CCC21. The molecule has 0 aromatic carbocycles. The molecule has 4 aliphatic rings. The Kier molecular flexibility index (Phi) is 3.33. The number of hydrogen-bond donors (Lipinski definition) is 1. The van der Waals surface area contributed by atoms with Crippen molar-refractivity contribution in [1.82, 2.24) is 15.1 Å². The Bertz CT molecular complexity index is 332. The van der Waals surface area contributed by atoms with Crippen molar-refractivity contribution in [2.24, 2.45) is 11.8 Å². The van der Waals surface area contributed by atoms with E-state index in [4.69, 9.17) is 0 Å². The molecular formula is C16H29N3. The quantitative estimate of drug-likeness (QED) is 0.815. The zero-order chi connectivity index (χ0) is 12.8. The Morgan fingerprint density at radius 3 is 2.84 bits per heavy atom. The predicted molar refractivity (Wildman–Crippen MR) is 78.3 cm³/mol. The van der Waals surface area contributed by atoms with Crippen molar-refractivity contribution in [3.05, 3.63) is 0 Å². The van der Waals surface area contributed by atoms with Crippen LogP contribution in [0.25, 0.3) is 0 Å². The second kappa shape index (κ2) is 5.01. The summed E-state index contributed by atoms with van der Waals surface area (Å²) >= 11 is 0. The zero-order valence-electron chi connectivity index (χ0n) is 12.4. The van der Waals surface area contributed by atoms with Gasteiger partial charge in [-0.25, -0.2) is 0 Å². The monoisotopic (exact) mass is 263 g/mol. The van der Waals surface area contributed by atoms with E-state index in [9.17, 15) is 0 Å². The van der Waals surface area contributed by atoms with Crippen LogP contribution >= 0.6 is 0 Å². The second-order valence-electron chi connectivity index (χ2n) is 7.54. The molecule has 0 aromatic heterocycles. The van der Waals surface area contributed by atoms with E-state index >= 15 is 0 Å². The van der Waals surface area contributed by atoms with Crippen molar-refractivity contribution in [3.63, 3.8) is 0 Å². The summed E-state index contributed by atoms with van der Waals surface area (Å²) in [6, 6.07) is 2.62. The first kappa shape index (κ1) is 12.6. The molecule has 0 amide bonds. The van der Waals surface area contributed by atoms with E-state index in [1.807, 2.05) is 0 Å². The van der Waals surface area contributed by atoms with Gasteiger partial charge < -0.3 is 15.1 Å². The van der Waals surface area contributed by atoms with Crippen LogP contribution in [-0.4, -0.2) is 61.2 Å². The Hall–Kier alpha value is -0.120. The summed E-state index contributed by atoms with van der Waals surface area (Å²) in [6.07, 6.45) is 8.64. The molecule has 1 N–H and O–H groups in total. The summed E-state index contributed by atoms with van der Waals surface area (Å²) in [4.78, 5) is 5.43. The molecule has 5 unspecified atom stereocenters. The molecule has 0 aromatic rings. The number of fused-ring (bicyclic) bond motifs is 3. The fraction of sp³-hybridized carbons (Fsp3) is 1.00. The van der Waals surface area contributed by atoms with Crippen molar-refractivity contribution >= 4 is 0 Å². The van der Waals surface area contributed by atoms with Crippen LogP contribution in [0, 0.1) is 11.8 Å². The summed E-state index contributed by atoms with van der Waals surface area (Å²) in [6.45, 7) is 5.43. The standard InChI is InChI=1S/C16H29N3/c1-18-7-2-3-12-10-19(8-6-16(12)18)11-13-9-14-4-5-15(13)17-14/h12-17H,2-11H2,1H3. The van der Waals surface area contributed by atoms with Crippen LogP contribution < -0.4 is 5.32 Å². The van der Waals surface area contributed by atoms with Gasteiger partial charge >= 0.3 is 0 Å². The summed E-state index contributed by atoms with van der Waals surface area (Å²) in [7, 11) is 2.34. The summed E-state index contributed by atoms with van der Waals surface area (Å²) in [5, 5.41) is 3.80. The van der Waals surface area contributed by atoms with E-state index in [2.05, 4.69) is 22.2 Å². The first-order chi connectivity index (χ1) is 9.29. The summed E-state index contributed by atoms with van der Waals surface area (Å²) < 4.78 is 0. The van der Waals surface area contributed by atoms with E-state index in [-0.39, 0.29) is 0 Å². The van der Waals surface area contributed by atoms with Gasteiger partial charge in [-0.05, 0) is 70.5 Å². The topological polar surface area (TPSA) is 18.5 Å². The largest absolute Gasteiger partial charge is 0.311 e. The highest BCUT2D eigenvalue weighted by molar-refractivity contribution is 4.99. The van der Waals surface area contributed by atoms with Gasteiger partial charge in [-0.1, -0.05) is 0 Å². The van der Waals surface area contributed by atoms with Crippen LogP contribution in [0.15, 0.2) is 0 Å². The van der Waals surface area contributed by atoms with Crippen LogP contribution in [-0.2, 0) is 0 Å². The predicted octanol–water partition coefficient (Wildman–Crippen LogP) is 1.54. The van der Waals surface area contributed by atoms with Gasteiger partial charge in [0.2, 0.25) is 0 Å². The molecule has 2 bridgehead atoms. The van der Waals surface area contributed by atoms with Gasteiger partial charge in [0.05, 0.1) is 0 Å². The molecule has 4 fully saturated rings. The van der Waals surface area contributed by atoms with Crippen LogP contribution in [0.1, 0.15) is 38.5 Å². The van der Waals surface area contributed by atoms with Crippen molar-refractivity contribution < 1.29 is 0 Å². The van der Waals surface area contributed by atoms with Gasteiger partial charge in [0.1, 0.15) is 0 Å². The maximum absolute atomic E-state index is 3.80. The molecule has 0 spiro atoms. The molecule has 19 heavy (non-hydrogen) atoms. The van der Waals surface area contributed by atoms with Crippen molar-refractivity contribution in [2.45, 2.75) is 56.7 Å². The summed E-state index contributed by atoms with van der Waals surface area (Å²) in [5.74, 6) is 1.91. The molecule has 4 saturated heterocycles. The van der Waals surface area contributed by atoms with Crippen LogP contribution in [0.4, 0.5) is 0 Å². The van der Waals surface area contributed by atoms with Crippen molar-refractivity contribution in [1.29, 1.82) is 0 Å². The molecule has 3 heteroatoms. The Morgan fingerprint density at radius 1 is 1.11 bits per heavy atom. The highest BCUT2D eigenvalue weighted by atomic mass is 15.2. The molecule has 0 radical (unpaired) electrons. The first-order valence-electron chi connectivity index (χ1n) is 8.48. The van der Waals surface area contributed by atoms with Crippen molar-refractivity contribution in [2.75, 3.05) is 33.2 Å². The third-order valence-electron chi connectivity index (χ3n) is 6.35. The number of nitrogens with zero attached hydrogens (tertiary/aromatic N) is 2. The highest BCUT2D eigenvalue weighted by Gasteiger charge is 2.41. The fourth-order valence-corrected chi connectivity index (χ4v) is 5.36. The van der Waals surface area contributed by atoms with E-state index in [1.165, 1.54) is 64.7 Å². The van der Waals surface area contributed by atoms with E-state index < -0.39 is 0 Å². The molecule has 4 heterocycles. The maximum atomic E-state index is 3.80. The summed E-state index contributed by atoms with van der Waals surface area (Å²) in [5.41, 5.74) is 0. The molecule has 108 valence electrons. The Labute approximate surface area is 117 Å². The zero-order valence-corrected chi connectivity index (χ0v) is 12.4. The molecule has 5 atom stereocenters. The van der Waals surface area contributed by atoms with Crippen LogP contribution in [0.2, 0.25) is 0 Å². The van der Waals surface area contributed by atoms with Gasteiger partial charge in [-0.3, -0.25) is 0 Å². The highest BCUT2D eigenvalue weighted by Crippen LogP contribution is 2.35. The van der Waals surface area contributed by atoms with Crippen LogP contribution in [0.5, 0.6) is 0 Å². The molecule has 0 aliphatic carbocycles. The number of nitrogens with one attached hydrogen (secondary N) is 1. The van der Waals surface area contributed by atoms with E-state index in [0.29, 0.717) is 0 Å². The molecule has 4 rings (SSSR count). The Morgan fingerprint density at radius 2 is 2.05 bits per heavy atom. The lowest BCUT2D eigenvalue weighted by molar-refractivity contribution is 0.0308. The van der Waals surface area contributed by atoms with Gasteiger partial charge in [0.25, 0.3) is 0 Å². The normalized spacial score (nSPS) is 47.5. The van der Waals surface area contributed by atoms with Gasteiger partial charge in [-0.2, -0.15) is 0 Å². The average molecular weight is 263 g/mol. The number of piperidine rings is 2. The third-order valence-corrected chi connectivity index (χ3v) is 6.35. The third kappa shape index (κ3) is 2.34. The second-order valence-corrected chi connectivity index (χ2v) is 7.54. The molecule has 4 aliphatic heterocycles. The van der Waals surface area contributed by atoms with Gasteiger partial charge in [0.15, 0.2) is 0 Å². The Balaban J connectivity index is 1.34. The lowest BCUT2D eigenvalue weighted by Crippen LogP contribution is -2.53. The van der Waals surface area contributed by atoms with Crippen LogP contribution in [0.3, 0.4) is 0 Å². The molecule has 0 saturated carbocycles. The smallest absolute Gasteiger partial charge is 0.0145 e. The fourth-order valence-electron chi connectivity index (χ4n) is 5.36. The number of likely N-dealkylation sites (tertiary alicyclic amines) is 2. The van der Waals surface area contributed by atoms with Gasteiger partial charge in [0, 0.05) is 31.2 Å². The lowest BCUT2D eigenvalue weighted by atomic mass is 9.83. The lowest BCUT2D eigenvalue weighted by Gasteiger charge is -2.46. The first-order valence-corrected chi connectivity index (χ1v) is 8.48. The number of rotatable bonds is 2. The van der Waals surface area contributed by atoms with E-state index in [1.54, 1.807) is 0 Å². The minimum Gasteiger partial charge on any atom is -0.311 e. The van der Waals surface area contributed by atoms with Gasteiger partial charge in [-0.15, -0.1) is 0 Å². The number of hydrogen-bond acceptors (Lipinski definition) is 3. The molecular weight excluding hydrogens is 234 g/mol. The minimum absolute atomic E-state index is 0.858. The average Bonchev–Trinajstić information content (AvgIpc) is 3.01. The van der Waals surface area contributed by atoms with Crippen molar-refractivity contribution in [3.8, 4) is 0 Å². The van der Waals surface area contributed by atoms with E-state index in [0.717, 1.165) is 30.0 Å². The molecule has 3 nitrogen and oxygen atoms in total. The minimum atomic E-state index is 0.858. The maximum Gasteiger partial charge on any atom is 0.0145 e.